The van der Waals surface area contributed by atoms with Gasteiger partial charge >= 0.3 is 0 Å². The molecule has 0 fully saturated rings. The third kappa shape index (κ3) is 6.76. The quantitative estimate of drug-likeness (QED) is 0.307. The Morgan fingerprint density at radius 1 is 1.09 bits per heavy atom. The van der Waals surface area contributed by atoms with Crippen molar-refractivity contribution in [2.45, 2.75) is 65.3 Å². The van der Waals surface area contributed by atoms with Gasteiger partial charge in [0, 0.05) is 17.3 Å². The highest BCUT2D eigenvalue weighted by Gasteiger charge is 2.21. The van der Waals surface area contributed by atoms with Crippen LogP contribution in [0.4, 0.5) is 5.69 Å². The van der Waals surface area contributed by atoms with Crippen molar-refractivity contribution in [3.05, 3.63) is 64.4 Å². The maximum Gasteiger partial charge on any atom is 0.234 e. The first-order valence-electron chi connectivity index (χ1n) is 11.5. The predicted octanol–water partition coefficient (Wildman–Crippen LogP) is 6.89. The number of benzene rings is 2. The van der Waals surface area contributed by atoms with Crippen molar-refractivity contribution in [1.82, 2.24) is 14.8 Å². The number of halogens is 1. The highest BCUT2D eigenvalue weighted by molar-refractivity contribution is 7.99. The molecule has 3 rings (SSSR count). The molecule has 0 bridgehead atoms. The van der Waals surface area contributed by atoms with Crippen LogP contribution in [0.25, 0.3) is 0 Å². The molecule has 0 aliphatic heterocycles. The molecule has 0 saturated heterocycles. The summed E-state index contributed by atoms with van der Waals surface area (Å²) in [6.45, 7) is 13.2. The van der Waals surface area contributed by atoms with Crippen molar-refractivity contribution in [3.63, 3.8) is 0 Å². The third-order valence-corrected chi connectivity index (χ3v) is 6.77. The number of nitrogens with one attached hydrogen (secondary N) is 1. The standard InChI is InChI=1S/C26H33ClN4O2S/c1-16(2)14-31-25(19(6)33-21-12-10-20(11-13-21)17(3)4)29-30-26(31)34-15-24(32)28-23-9-7-8-22(27)18(23)5/h7-13,16-17,19H,14-15H2,1-6H3,(H,28,32). The van der Waals surface area contributed by atoms with Gasteiger partial charge in [0.1, 0.15) is 5.75 Å². The normalized spacial score (nSPS) is 12.3. The van der Waals surface area contributed by atoms with Gasteiger partial charge in [0.15, 0.2) is 17.1 Å². The van der Waals surface area contributed by atoms with Gasteiger partial charge in [-0.15, -0.1) is 10.2 Å². The second-order valence-corrected chi connectivity index (χ2v) is 10.4. The molecule has 0 aliphatic rings. The zero-order chi connectivity index (χ0) is 24.8. The molecule has 1 amide bonds. The molecular weight excluding hydrogens is 468 g/mol. The summed E-state index contributed by atoms with van der Waals surface area (Å²) in [5, 5.41) is 13.0. The number of aromatic nitrogens is 3. The fraction of sp³-hybridized carbons (Fsp3) is 0.423. The fourth-order valence-corrected chi connectivity index (χ4v) is 4.42. The molecule has 1 atom stereocenters. The molecule has 1 aromatic heterocycles. The lowest BCUT2D eigenvalue weighted by Crippen LogP contribution is -2.17. The average molecular weight is 501 g/mol. The Labute approximate surface area is 211 Å². The molecular formula is C26H33ClN4O2S. The van der Waals surface area contributed by atoms with E-state index >= 15 is 0 Å². The van der Waals surface area contributed by atoms with Crippen LogP contribution in [0.5, 0.6) is 5.75 Å². The molecule has 0 radical (unpaired) electrons. The molecule has 1 N–H and O–H groups in total. The number of anilines is 1. The van der Waals surface area contributed by atoms with Gasteiger partial charge in [0.05, 0.1) is 5.75 Å². The first-order valence-corrected chi connectivity index (χ1v) is 12.9. The number of rotatable bonds is 10. The van der Waals surface area contributed by atoms with Crippen molar-refractivity contribution in [3.8, 4) is 5.75 Å². The van der Waals surface area contributed by atoms with Gasteiger partial charge in [0.25, 0.3) is 0 Å². The Hall–Kier alpha value is -2.51. The van der Waals surface area contributed by atoms with Crippen LogP contribution in [0.1, 0.15) is 63.6 Å². The van der Waals surface area contributed by atoms with E-state index in [1.807, 2.05) is 38.1 Å². The lowest BCUT2D eigenvalue weighted by molar-refractivity contribution is -0.113. The van der Waals surface area contributed by atoms with E-state index in [0.29, 0.717) is 27.7 Å². The smallest absolute Gasteiger partial charge is 0.234 e. The Morgan fingerprint density at radius 3 is 2.44 bits per heavy atom. The Bertz CT molecular complexity index is 1110. The van der Waals surface area contributed by atoms with Crippen LogP contribution in [-0.2, 0) is 11.3 Å². The summed E-state index contributed by atoms with van der Waals surface area (Å²) in [7, 11) is 0. The number of ether oxygens (including phenoxy) is 1. The third-order valence-electron chi connectivity index (χ3n) is 5.39. The molecule has 0 spiro atoms. The molecule has 8 heteroatoms. The number of nitrogens with zero attached hydrogens (tertiary/aromatic N) is 3. The SMILES string of the molecule is Cc1c(Cl)cccc1NC(=O)CSc1nnc(C(C)Oc2ccc(C(C)C)cc2)n1CC(C)C. The van der Waals surface area contributed by atoms with Crippen molar-refractivity contribution >= 4 is 35.0 Å². The van der Waals surface area contributed by atoms with E-state index in [-0.39, 0.29) is 17.8 Å². The molecule has 3 aromatic rings. The van der Waals surface area contributed by atoms with Crippen LogP contribution in [-0.4, -0.2) is 26.4 Å². The second-order valence-electron chi connectivity index (χ2n) is 9.08. The summed E-state index contributed by atoms with van der Waals surface area (Å²) in [4.78, 5) is 12.6. The molecule has 1 unspecified atom stereocenters. The van der Waals surface area contributed by atoms with Crippen LogP contribution < -0.4 is 10.1 Å². The lowest BCUT2D eigenvalue weighted by atomic mass is 10.0. The van der Waals surface area contributed by atoms with Gasteiger partial charge in [-0.25, -0.2) is 0 Å². The Kier molecular flexibility index (Phi) is 9.03. The molecule has 34 heavy (non-hydrogen) atoms. The largest absolute Gasteiger partial charge is 0.483 e. The Morgan fingerprint density at radius 2 is 1.79 bits per heavy atom. The second kappa shape index (κ2) is 11.8. The van der Waals surface area contributed by atoms with Crippen molar-refractivity contribution in [1.29, 1.82) is 0 Å². The van der Waals surface area contributed by atoms with E-state index in [1.54, 1.807) is 6.07 Å². The van der Waals surface area contributed by atoms with E-state index in [4.69, 9.17) is 16.3 Å². The van der Waals surface area contributed by atoms with Gasteiger partial charge in [-0.2, -0.15) is 0 Å². The lowest BCUT2D eigenvalue weighted by Gasteiger charge is -2.18. The van der Waals surface area contributed by atoms with Crippen LogP contribution in [0.15, 0.2) is 47.6 Å². The topological polar surface area (TPSA) is 69.0 Å². The van der Waals surface area contributed by atoms with Crippen molar-refractivity contribution < 1.29 is 9.53 Å². The summed E-state index contributed by atoms with van der Waals surface area (Å²) in [6, 6.07) is 13.6. The highest BCUT2D eigenvalue weighted by atomic mass is 35.5. The van der Waals surface area contributed by atoms with Crippen LogP contribution in [0.2, 0.25) is 5.02 Å². The van der Waals surface area contributed by atoms with Crippen LogP contribution in [0.3, 0.4) is 0 Å². The molecule has 182 valence electrons. The van der Waals surface area contributed by atoms with Crippen molar-refractivity contribution in [2.75, 3.05) is 11.1 Å². The summed E-state index contributed by atoms with van der Waals surface area (Å²) < 4.78 is 8.23. The monoisotopic (exact) mass is 500 g/mol. The first kappa shape index (κ1) is 26.1. The van der Waals surface area contributed by atoms with E-state index in [2.05, 4.69) is 59.9 Å². The van der Waals surface area contributed by atoms with Gasteiger partial charge in [-0.1, -0.05) is 69.3 Å². The first-order chi connectivity index (χ1) is 16.2. The number of carbonyl (C=O) groups is 1. The zero-order valence-electron chi connectivity index (χ0n) is 20.6. The fourth-order valence-electron chi connectivity index (χ4n) is 3.49. The number of amides is 1. The van der Waals surface area contributed by atoms with Gasteiger partial charge in [-0.3, -0.25) is 4.79 Å². The van der Waals surface area contributed by atoms with Gasteiger partial charge in [-0.05, 0) is 61.1 Å². The number of thioether (sulfide) groups is 1. The zero-order valence-corrected chi connectivity index (χ0v) is 22.2. The van der Waals surface area contributed by atoms with E-state index in [1.165, 1.54) is 17.3 Å². The van der Waals surface area contributed by atoms with E-state index in [0.717, 1.165) is 23.7 Å². The van der Waals surface area contributed by atoms with Crippen molar-refractivity contribution in [2.24, 2.45) is 5.92 Å². The number of hydrogen-bond donors (Lipinski definition) is 1. The van der Waals surface area contributed by atoms with Gasteiger partial charge in [0.2, 0.25) is 5.91 Å². The van der Waals surface area contributed by atoms with Gasteiger partial charge < -0.3 is 14.6 Å². The number of carbonyl (C=O) groups excluding carboxylic acids is 1. The summed E-state index contributed by atoms with van der Waals surface area (Å²) in [5.41, 5.74) is 2.83. The molecule has 2 aromatic carbocycles. The van der Waals surface area contributed by atoms with Crippen LogP contribution >= 0.6 is 23.4 Å². The maximum atomic E-state index is 12.6. The minimum absolute atomic E-state index is 0.120. The summed E-state index contributed by atoms with van der Waals surface area (Å²) >= 11 is 7.53. The summed E-state index contributed by atoms with van der Waals surface area (Å²) in [6.07, 6.45) is -0.284. The molecule has 1 heterocycles. The number of hydrogen-bond acceptors (Lipinski definition) is 5. The molecule has 0 aliphatic carbocycles. The summed E-state index contributed by atoms with van der Waals surface area (Å²) in [5.74, 6) is 2.49. The Balaban J connectivity index is 1.70. The van der Waals surface area contributed by atoms with E-state index < -0.39 is 0 Å². The van der Waals surface area contributed by atoms with Crippen LogP contribution in [0, 0.1) is 12.8 Å². The predicted molar refractivity (Wildman–Crippen MR) is 140 cm³/mol. The molecule has 6 nitrogen and oxygen atoms in total. The minimum atomic E-state index is -0.284. The average Bonchev–Trinajstić information content (AvgIpc) is 3.17. The highest BCUT2D eigenvalue weighted by Crippen LogP contribution is 2.27. The van der Waals surface area contributed by atoms with E-state index in [9.17, 15) is 4.79 Å². The maximum absolute atomic E-state index is 12.6. The molecule has 0 saturated carbocycles. The minimum Gasteiger partial charge on any atom is -0.483 e.